The molecule has 7 heteroatoms. The first-order valence-electron chi connectivity index (χ1n) is 11.4. The zero-order chi connectivity index (χ0) is 23.4. The van der Waals surface area contributed by atoms with Crippen molar-refractivity contribution in [2.75, 3.05) is 6.61 Å². The molecule has 1 unspecified atom stereocenters. The average molecular weight is 429 g/mol. The first kappa shape index (κ1) is 28.5. The summed E-state index contributed by atoms with van der Waals surface area (Å²) >= 11 is 0. The molecular formula is C23H44N2O5. The summed E-state index contributed by atoms with van der Waals surface area (Å²) < 4.78 is 10.7. The fourth-order valence-corrected chi connectivity index (χ4v) is 3.41. The van der Waals surface area contributed by atoms with Crippen LogP contribution in [-0.4, -0.2) is 42.0 Å². The standard InChI is InChI=1S/C23H44N2O5/c1-7-10-12-14-17(24)16-19(26)23(20(27)29-9-3,18(25)15-13-11-8-2)21(28)30-22(4,5)6/h17-18H,7-16,24-25H2,1-6H3/t17?,18-,23-/m0/s1. The van der Waals surface area contributed by atoms with E-state index in [0.717, 1.165) is 32.1 Å². The first-order valence-corrected chi connectivity index (χ1v) is 11.4. The van der Waals surface area contributed by atoms with E-state index in [1.807, 2.05) is 6.92 Å². The monoisotopic (exact) mass is 428 g/mol. The van der Waals surface area contributed by atoms with Gasteiger partial charge in [0, 0.05) is 18.5 Å². The van der Waals surface area contributed by atoms with Gasteiger partial charge < -0.3 is 20.9 Å². The molecule has 0 heterocycles. The lowest BCUT2D eigenvalue weighted by molar-refractivity contribution is -0.183. The van der Waals surface area contributed by atoms with E-state index in [-0.39, 0.29) is 13.0 Å². The van der Waals surface area contributed by atoms with Gasteiger partial charge in [-0.1, -0.05) is 52.4 Å². The molecule has 7 nitrogen and oxygen atoms in total. The van der Waals surface area contributed by atoms with Gasteiger partial charge in [0.15, 0.2) is 5.78 Å². The Morgan fingerprint density at radius 3 is 1.83 bits per heavy atom. The Bertz CT molecular complexity index is 544. The van der Waals surface area contributed by atoms with Crippen molar-refractivity contribution >= 4 is 17.7 Å². The van der Waals surface area contributed by atoms with Crippen molar-refractivity contribution < 1.29 is 23.9 Å². The summed E-state index contributed by atoms with van der Waals surface area (Å²) in [5, 5.41) is 0. The third-order valence-electron chi connectivity index (χ3n) is 5.06. The summed E-state index contributed by atoms with van der Waals surface area (Å²) in [5.74, 6) is -2.49. The normalized spacial score (nSPS) is 15.7. The molecule has 0 saturated carbocycles. The van der Waals surface area contributed by atoms with Crippen molar-refractivity contribution in [2.24, 2.45) is 16.9 Å². The Hall–Kier alpha value is -1.47. The lowest BCUT2D eigenvalue weighted by atomic mass is 9.72. The molecule has 0 aromatic carbocycles. The highest BCUT2D eigenvalue weighted by molar-refractivity contribution is 6.21. The van der Waals surface area contributed by atoms with Crippen LogP contribution in [0.1, 0.15) is 99.3 Å². The van der Waals surface area contributed by atoms with Gasteiger partial charge in [-0.25, -0.2) is 0 Å². The molecule has 0 fully saturated rings. The molecule has 0 saturated heterocycles. The molecule has 0 aromatic heterocycles. The van der Waals surface area contributed by atoms with E-state index in [1.165, 1.54) is 0 Å². The van der Waals surface area contributed by atoms with E-state index in [0.29, 0.717) is 19.3 Å². The minimum atomic E-state index is -2.20. The van der Waals surface area contributed by atoms with Crippen LogP contribution in [0.4, 0.5) is 0 Å². The molecular weight excluding hydrogens is 384 g/mol. The van der Waals surface area contributed by atoms with E-state index >= 15 is 0 Å². The second-order valence-electron chi connectivity index (χ2n) is 9.02. The van der Waals surface area contributed by atoms with Gasteiger partial charge in [-0.3, -0.25) is 14.4 Å². The number of rotatable bonds is 15. The Morgan fingerprint density at radius 2 is 1.37 bits per heavy atom. The van der Waals surface area contributed by atoms with Gasteiger partial charge in [0.1, 0.15) is 5.60 Å². The van der Waals surface area contributed by atoms with Crippen molar-refractivity contribution in [1.82, 2.24) is 0 Å². The van der Waals surface area contributed by atoms with Crippen LogP contribution >= 0.6 is 0 Å². The summed E-state index contributed by atoms with van der Waals surface area (Å²) in [7, 11) is 0. The van der Waals surface area contributed by atoms with E-state index in [9.17, 15) is 14.4 Å². The van der Waals surface area contributed by atoms with Crippen LogP contribution in [0.3, 0.4) is 0 Å². The summed E-state index contributed by atoms with van der Waals surface area (Å²) in [6.45, 7) is 10.8. The summed E-state index contributed by atoms with van der Waals surface area (Å²) in [4.78, 5) is 39.8. The van der Waals surface area contributed by atoms with Crippen LogP contribution < -0.4 is 11.5 Å². The van der Waals surface area contributed by atoms with Gasteiger partial charge >= 0.3 is 11.9 Å². The quantitative estimate of drug-likeness (QED) is 0.232. The maximum atomic E-state index is 13.5. The van der Waals surface area contributed by atoms with Crippen LogP contribution in [0.15, 0.2) is 0 Å². The summed E-state index contributed by atoms with van der Waals surface area (Å²) in [5.41, 5.74) is 9.47. The van der Waals surface area contributed by atoms with E-state index in [4.69, 9.17) is 20.9 Å². The minimum absolute atomic E-state index is 0.0287. The van der Waals surface area contributed by atoms with Gasteiger partial charge in [0.2, 0.25) is 5.41 Å². The van der Waals surface area contributed by atoms with E-state index in [2.05, 4.69) is 6.92 Å². The van der Waals surface area contributed by atoms with Crippen LogP contribution in [0, 0.1) is 5.41 Å². The molecule has 0 amide bonds. The first-order chi connectivity index (χ1) is 14.0. The zero-order valence-corrected chi connectivity index (χ0v) is 19.9. The summed E-state index contributed by atoms with van der Waals surface area (Å²) in [6, 6.07) is -1.49. The molecule has 3 atom stereocenters. The number of nitrogens with two attached hydrogens (primary N) is 2. The van der Waals surface area contributed by atoms with Crippen LogP contribution in [0.2, 0.25) is 0 Å². The van der Waals surface area contributed by atoms with Gasteiger partial charge in [0.25, 0.3) is 0 Å². The number of unbranched alkanes of at least 4 members (excludes halogenated alkanes) is 4. The second-order valence-corrected chi connectivity index (χ2v) is 9.02. The number of carbonyl (C=O) groups is 3. The van der Waals surface area contributed by atoms with Crippen molar-refractivity contribution in [3.05, 3.63) is 0 Å². The van der Waals surface area contributed by atoms with Gasteiger partial charge in [-0.05, 0) is 40.5 Å². The van der Waals surface area contributed by atoms with Crippen LogP contribution in [0.25, 0.3) is 0 Å². The zero-order valence-electron chi connectivity index (χ0n) is 19.9. The highest BCUT2D eigenvalue weighted by Gasteiger charge is 2.60. The predicted octanol–water partition coefficient (Wildman–Crippen LogP) is 3.65. The molecule has 0 aliphatic carbocycles. The number of Topliss-reactive ketones (excluding diaryl/α,β-unsaturated/α-hetero) is 1. The fourth-order valence-electron chi connectivity index (χ4n) is 3.41. The lowest BCUT2D eigenvalue weighted by Gasteiger charge is -2.36. The number of ether oxygens (including phenoxy) is 2. The molecule has 4 N–H and O–H groups in total. The number of hydrogen-bond donors (Lipinski definition) is 2. The Balaban J connectivity index is 6.02. The number of esters is 2. The molecule has 0 aromatic rings. The van der Waals surface area contributed by atoms with Gasteiger partial charge in [0.05, 0.1) is 6.61 Å². The maximum Gasteiger partial charge on any atom is 0.333 e. The van der Waals surface area contributed by atoms with Crippen molar-refractivity contribution in [3.63, 3.8) is 0 Å². The molecule has 0 radical (unpaired) electrons. The molecule has 0 rings (SSSR count). The second kappa shape index (κ2) is 13.8. The molecule has 30 heavy (non-hydrogen) atoms. The van der Waals surface area contributed by atoms with E-state index < -0.39 is 40.8 Å². The van der Waals surface area contributed by atoms with Crippen LogP contribution in [-0.2, 0) is 23.9 Å². The topological polar surface area (TPSA) is 122 Å². The largest absolute Gasteiger partial charge is 0.465 e. The lowest BCUT2D eigenvalue weighted by Crippen LogP contribution is -2.61. The van der Waals surface area contributed by atoms with Crippen molar-refractivity contribution in [2.45, 2.75) is 117 Å². The molecule has 0 aliphatic rings. The average Bonchev–Trinajstić information content (AvgIpc) is 2.61. The number of ketones is 1. The number of carbonyl (C=O) groups excluding carboxylic acids is 3. The highest BCUT2D eigenvalue weighted by atomic mass is 16.6. The SMILES string of the molecule is CCCCCC(N)CC(=O)[C@@](C(=O)OCC)(C(=O)OC(C)(C)C)[C@@H](N)CCCCC. The third-order valence-corrected chi connectivity index (χ3v) is 5.06. The predicted molar refractivity (Wildman–Crippen MR) is 119 cm³/mol. The van der Waals surface area contributed by atoms with Crippen LogP contribution in [0.5, 0.6) is 0 Å². The Morgan fingerprint density at radius 1 is 0.833 bits per heavy atom. The van der Waals surface area contributed by atoms with Gasteiger partial charge in [-0.2, -0.15) is 0 Å². The highest BCUT2D eigenvalue weighted by Crippen LogP contribution is 2.33. The molecule has 0 bridgehead atoms. The maximum absolute atomic E-state index is 13.5. The molecule has 176 valence electrons. The third kappa shape index (κ3) is 8.72. The van der Waals surface area contributed by atoms with E-state index in [1.54, 1.807) is 27.7 Å². The minimum Gasteiger partial charge on any atom is -0.465 e. The number of hydrogen-bond acceptors (Lipinski definition) is 7. The summed E-state index contributed by atoms with van der Waals surface area (Å²) in [6.07, 6.45) is 6.29. The molecule has 0 aliphatic heterocycles. The Labute approximate surface area is 182 Å². The Kier molecular flexibility index (Phi) is 13.1. The fraction of sp³-hybridized carbons (Fsp3) is 0.870. The smallest absolute Gasteiger partial charge is 0.333 e. The van der Waals surface area contributed by atoms with Gasteiger partial charge in [-0.15, -0.1) is 0 Å². The van der Waals surface area contributed by atoms with Crippen molar-refractivity contribution in [3.8, 4) is 0 Å². The molecule has 0 spiro atoms. The van der Waals surface area contributed by atoms with Crippen molar-refractivity contribution in [1.29, 1.82) is 0 Å².